The van der Waals surface area contributed by atoms with Gasteiger partial charge in [0.15, 0.2) is 0 Å². The average Bonchev–Trinajstić information content (AvgIpc) is 3.49. The molecule has 31 heavy (non-hydrogen) atoms. The highest BCUT2D eigenvalue weighted by Crippen LogP contribution is 2.34. The van der Waals surface area contributed by atoms with Gasteiger partial charge in [-0.1, -0.05) is 17.7 Å². The number of nitrogens with zero attached hydrogens (tertiary/aromatic N) is 2. The van der Waals surface area contributed by atoms with Crippen LogP contribution < -0.4 is 9.62 Å². The molecular formula is C18H15ClF3N3O5S. The highest BCUT2D eigenvalue weighted by Gasteiger charge is 2.34. The van der Waals surface area contributed by atoms with Crippen LogP contribution in [0.15, 0.2) is 47.4 Å². The van der Waals surface area contributed by atoms with Crippen LogP contribution in [0.3, 0.4) is 0 Å². The van der Waals surface area contributed by atoms with Gasteiger partial charge in [0, 0.05) is 12.1 Å². The van der Waals surface area contributed by atoms with E-state index in [1.165, 1.54) is 0 Å². The molecule has 0 radical (unpaired) electrons. The number of amides is 1. The van der Waals surface area contributed by atoms with Crippen LogP contribution in [-0.2, 0) is 21.0 Å². The minimum atomic E-state index is -4.75. The third-order valence-electron chi connectivity index (χ3n) is 4.39. The molecule has 0 saturated heterocycles. The lowest BCUT2D eigenvalue weighted by Gasteiger charge is -2.25. The molecule has 0 aliphatic heterocycles. The molecule has 0 aromatic heterocycles. The Morgan fingerprint density at radius 2 is 1.90 bits per heavy atom. The molecule has 0 bridgehead atoms. The lowest BCUT2D eigenvalue weighted by atomic mass is 10.2. The summed E-state index contributed by atoms with van der Waals surface area (Å²) in [5.41, 5.74) is -2.23. The highest BCUT2D eigenvalue weighted by molar-refractivity contribution is 7.92. The first-order valence-corrected chi connectivity index (χ1v) is 10.6. The summed E-state index contributed by atoms with van der Waals surface area (Å²) in [6, 6.07) is 5.99. The molecule has 1 aliphatic carbocycles. The molecule has 1 N–H and O–H groups in total. The van der Waals surface area contributed by atoms with E-state index in [2.05, 4.69) is 5.32 Å². The van der Waals surface area contributed by atoms with Gasteiger partial charge in [-0.15, -0.1) is 0 Å². The zero-order valence-corrected chi connectivity index (χ0v) is 17.2. The third-order valence-corrected chi connectivity index (χ3v) is 6.48. The van der Waals surface area contributed by atoms with Crippen LogP contribution in [0.4, 0.5) is 24.5 Å². The van der Waals surface area contributed by atoms with Crippen molar-refractivity contribution in [2.24, 2.45) is 0 Å². The molecule has 8 nitrogen and oxygen atoms in total. The van der Waals surface area contributed by atoms with Gasteiger partial charge in [0.25, 0.3) is 15.7 Å². The standard InChI is InChI=1S/C18H15ClF3N3O5S/c19-15-7-6-14(9-16(15)25(27)28)31(29,30)24(10-17(26)23-12-4-5-12)13-3-1-2-11(8-13)18(20,21)22/h1-3,6-9,12H,4-5,10H2,(H,23,26). The summed E-state index contributed by atoms with van der Waals surface area (Å²) in [6.07, 6.45) is -3.32. The van der Waals surface area contributed by atoms with Crippen LogP contribution in [0.2, 0.25) is 5.02 Å². The first kappa shape index (κ1) is 22.8. The molecule has 1 aliphatic rings. The number of halogens is 4. The number of rotatable bonds is 7. The van der Waals surface area contributed by atoms with E-state index in [0.717, 1.165) is 30.3 Å². The quantitative estimate of drug-likeness (QED) is 0.482. The topological polar surface area (TPSA) is 110 Å². The largest absolute Gasteiger partial charge is 0.416 e. The Hall–Kier alpha value is -2.86. The zero-order valence-electron chi connectivity index (χ0n) is 15.6. The molecule has 1 fully saturated rings. The van der Waals surface area contributed by atoms with Gasteiger partial charge in [-0.25, -0.2) is 8.42 Å². The number of nitro benzene ring substituents is 1. The smallest absolute Gasteiger partial charge is 0.352 e. The molecule has 1 amide bonds. The molecule has 166 valence electrons. The summed E-state index contributed by atoms with van der Waals surface area (Å²) < 4.78 is 66.3. The maximum Gasteiger partial charge on any atom is 0.416 e. The van der Waals surface area contributed by atoms with Gasteiger partial charge in [-0.3, -0.25) is 19.2 Å². The number of carbonyl (C=O) groups is 1. The van der Waals surface area contributed by atoms with Crippen LogP contribution in [0.5, 0.6) is 0 Å². The van der Waals surface area contributed by atoms with E-state index in [1.54, 1.807) is 0 Å². The van der Waals surface area contributed by atoms with E-state index in [0.29, 0.717) is 29.3 Å². The van der Waals surface area contributed by atoms with Gasteiger partial charge in [0.1, 0.15) is 11.6 Å². The zero-order chi connectivity index (χ0) is 23.0. The predicted octanol–water partition coefficient (Wildman–Crippen LogP) is 3.74. The Morgan fingerprint density at radius 1 is 1.23 bits per heavy atom. The highest BCUT2D eigenvalue weighted by atomic mass is 35.5. The summed E-state index contributed by atoms with van der Waals surface area (Å²) in [7, 11) is -4.66. The second kappa shape index (κ2) is 8.35. The Labute approximate surface area is 179 Å². The number of sulfonamides is 1. The lowest BCUT2D eigenvalue weighted by Crippen LogP contribution is -2.41. The van der Waals surface area contributed by atoms with Crippen LogP contribution in [0.1, 0.15) is 18.4 Å². The SMILES string of the molecule is O=C(CN(c1cccc(C(F)(F)F)c1)S(=O)(=O)c1ccc(Cl)c([N+](=O)[O-])c1)NC1CC1. The molecule has 3 rings (SSSR count). The van der Waals surface area contributed by atoms with Crippen LogP contribution in [-0.4, -0.2) is 31.8 Å². The first-order chi connectivity index (χ1) is 14.4. The first-order valence-electron chi connectivity index (χ1n) is 8.83. The Morgan fingerprint density at radius 3 is 2.48 bits per heavy atom. The Bertz CT molecular complexity index is 1140. The van der Waals surface area contributed by atoms with E-state index in [1.807, 2.05) is 0 Å². The summed E-state index contributed by atoms with van der Waals surface area (Å²) >= 11 is 5.72. The fourth-order valence-electron chi connectivity index (χ4n) is 2.70. The van der Waals surface area contributed by atoms with Crippen molar-refractivity contribution in [3.63, 3.8) is 0 Å². The van der Waals surface area contributed by atoms with Crippen LogP contribution in [0, 0.1) is 10.1 Å². The van der Waals surface area contributed by atoms with Gasteiger partial charge in [0.05, 0.1) is 21.1 Å². The van der Waals surface area contributed by atoms with Gasteiger partial charge < -0.3 is 5.32 Å². The van der Waals surface area contributed by atoms with Crippen molar-refractivity contribution in [1.29, 1.82) is 0 Å². The van der Waals surface area contributed by atoms with Crippen molar-refractivity contribution in [1.82, 2.24) is 5.32 Å². The second-order valence-corrected chi connectivity index (χ2v) is 9.04. The Kier molecular flexibility index (Phi) is 6.14. The van der Waals surface area contributed by atoms with Gasteiger partial charge >= 0.3 is 6.18 Å². The van der Waals surface area contributed by atoms with Gasteiger partial charge in [-0.05, 0) is 43.2 Å². The van der Waals surface area contributed by atoms with Crippen molar-refractivity contribution in [3.8, 4) is 0 Å². The predicted molar refractivity (Wildman–Crippen MR) is 105 cm³/mol. The summed E-state index contributed by atoms with van der Waals surface area (Å²) in [6.45, 7) is -0.809. The van der Waals surface area contributed by atoms with Crippen molar-refractivity contribution in [3.05, 3.63) is 63.2 Å². The molecule has 0 atom stereocenters. The fraction of sp³-hybridized carbons (Fsp3) is 0.278. The molecule has 0 unspecified atom stereocenters. The number of carbonyl (C=O) groups excluding carboxylic acids is 1. The second-order valence-electron chi connectivity index (χ2n) is 6.77. The van der Waals surface area contributed by atoms with Crippen molar-refractivity contribution in [2.75, 3.05) is 10.8 Å². The number of alkyl halides is 3. The van der Waals surface area contributed by atoms with Crippen molar-refractivity contribution >= 4 is 38.9 Å². The summed E-state index contributed by atoms with van der Waals surface area (Å²) in [5, 5.41) is 13.4. The lowest BCUT2D eigenvalue weighted by molar-refractivity contribution is -0.384. The molecule has 2 aromatic rings. The number of hydrogen-bond acceptors (Lipinski definition) is 5. The van der Waals surface area contributed by atoms with Crippen LogP contribution in [0.25, 0.3) is 0 Å². The minimum Gasteiger partial charge on any atom is -0.352 e. The minimum absolute atomic E-state index is 0.116. The van der Waals surface area contributed by atoms with E-state index in [-0.39, 0.29) is 11.1 Å². The van der Waals surface area contributed by atoms with E-state index in [9.17, 15) is 36.5 Å². The normalized spacial score (nSPS) is 14.2. The maximum atomic E-state index is 13.2. The molecule has 1 saturated carbocycles. The van der Waals surface area contributed by atoms with Crippen molar-refractivity contribution in [2.45, 2.75) is 30.0 Å². The number of anilines is 1. The maximum absolute atomic E-state index is 13.2. The molecule has 13 heteroatoms. The van der Waals surface area contributed by atoms with E-state index >= 15 is 0 Å². The fourth-order valence-corrected chi connectivity index (χ4v) is 4.32. The molecule has 0 spiro atoms. The number of benzene rings is 2. The number of hydrogen-bond donors (Lipinski definition) is 1. The number of nitrogens with one attached hydrogen (secondary N) is 1. The monoisotopic (exact) mass is 477 g/mol. The van der Waals surface area contributed by atoms with Gasteiger partial charge in [-0.2, -0.15) is 13.2 Å². The van der Waals surface area contributed by atoms with E-state index in [4.69, 9.17) is 11.6 Å². The molecule has 2 aromatic carbocycles. The van der Waals surface area contributed by atoms with E-state index < -0.39 is 55.4 Å². The molecular weight excluding hydrogens is 463 g/mol. The molecule has 0 heterocycles. The third kappa shape index (κ3) is 5.25. The van der Waals surface area contributed by atoms with Gasteiger partial charge in [0.2, 0.25) is 5.91 Å². The summed E-state index contributed by atoms with van der Waals surface area (Å²) in [5.74, 6) is -0.716. The Balaban J connectivity index is 2.08. The average molecular weight is 478 g/mol. The number of nitro groups is 1. The van der Waals surface area contributed by atoms with Crippen molar-refractivity contribution < 1.29 is 31.3 Å². The summed E-state index contributed by atoms with van der Waals surface area (Å²) in [4.78, 5) is 21.9. The van der Waals surface area contributed by atoms with Crippen LogP contribution >= 0.6 is 11.6 Å².